The highest BCUT2D eigenvalue weighted by Gasteiger charge is 2.63. The Balaban J connectivity index is 1.65. The highest BCUT2D eigenvalue weighted by Crippen LogP contribution is 2.65. The number of allylic oxidation sites excluding steroid dienone is 2. The van der Waals surface area contributed by atoms with E-state index in [0.29, 0.717) is 17.6 Å². The fraction of sp³-hybridized carbons (Fsp3) is 0.783. The summed E-state index contributed by atoms with van der Waals surface area (Å²) in [6, 6.07) is 0. The lowest BCUT2D eigenvalue weighted by Crippen LogP contribution is -2.55. The van der Waals surface area contributed by atoms with Crippen molar-refractivity contribution < 1.29 is 9.22 Å². The van der Waals surface area contributed by atoms with Crippen LogP contribution < -0.4 is 0 Å². The Kier molecular flexibility index (Phi) is 4.32. The molecule has 142 valence electrons. The average molecular weight is 371 g/mol. The van der Waals surface area contributed by atoms with Crippen molar-refractivity contribution in [2.45, 2.75) is 90.0 Å². The Hall–Kier alpha value is -0.853. The van der Waals surface area contributed by atoms with Crippen LogP contribution in [-0.2, 0) is 9.22 Å². The minimum absolute atomic E-state index is 0.117. The number of carbonyl (C=O) groups is 1. The topological polar surface area (TPSA) is 26.3 Å². The van der Waals surface area contributed by atoms with Crippen molar-refractivity contribution in [2.24, 2.45) is 23.2 Å². The molecule has 0 saturated heterocycles. The maximum atomic E-state index is 11.9. The monoisotopic (exact) mass is 370 g/mol. The third kappa shape index (κ3) is 2.68. The van der Waals surface area contributed by atoms with Gasteiger partial charge < -0.3 is 4.43 Å². The summed E-state index contributed by atoms with van der Waals surface area (Å²) < 4.78 is 6.75. The Morgan fingerprint density at radius 1 is 1.12 bits per heavy atom. The molecule has 0 radical (unpaired) electrons. The zero-order valence-corrected chi connectivity index (χ0v) is 18.0. The molecule has 0 aromatic heterocycles. The van der Waals surface area contributed by atoms with Crippen LogP contribution in [0.1, 0.15) is 64.7 Å². The zero-order chi connectivity index (χ0) is 18.7. The predicted octanol–water partition coefficient (Wildman–Crippen LogP) is 5.50. The SMILES string of the molecule is C#CC1(O[Si](C)(C)C)CCC2C3CCC4=C(CCC(=O)C4)C3CCC21C. The number of hydrogen-bond acceptors (Lipinski definition) is 2. The van der Waals surface area contributed by atoms with Crippen LogP contribution in [0.3, 0.4) is 0 Å². The van der Waals surface area contributed by atoms with E-state index in [4.69, 9.17) is 10.8 Å². The molecule has 2 fully saturated rings. The van der Waals surface area contributed by atoms with Gasteiger partial charge in [-0.2, -0.15) is 0 Å². The van der Waals surface area contributed by atoms with Crippen molar-refractivity contribution in [3.05, 3.63) is 11.1 Å². The summed E-state index contributed by atoms with van der Waals surface area (Å²) in [6.45, 7) is 9.25. The third-order valence-electron chi connectivity index (χ3n) is 8.04. The molecule has 5 atom stereocenters. The molecule has 0 amide bonds. The summed E-state index contributed by atoms with van der Waals surface area (Å²) in [5, 5.41) is 0. The summed E-state index contributed by atoms with van der Waals surface area (Å²) in [4.78, 5) is 11.9. The van der Waals surface area contributed by atoms with Crippen molar-refractivity contribution in [3.8, 4) is 12.3 Å². The van der Waals surface area contributed by atoms with E-state index >= 15 is 0 Å². The number of fused-ring (bicyclic) bond motifs is 4. The number of ketones is 1. The van der Waals surface area contributed by atoms with Crippen molar-refractivity contribution >= 4 is 14.1 Å². The predicted molar refractivity (Wildman–Crippen MR) is 108 cm³/mol. The molecule has 2 saturated carbocycles. The standard InChI is InChI=1S/C23H34O2Si/c1-6-23(25-26(3,4)5)14-12-21-20-9-7-16-15-17(24)8-10-18(16)19(20)11-13-22(21,23)2/h1,19-21H,7-15H2,2-5H3. The van der Waals surface area contributed by atoms with Crippen molar-refractivity contribution in [2.75, 3.05) is 0 Å². The Bertz CT molecular complexity index is 694. The Morgan fingerprint density at radius 2 is 1.88 bits per heavy atom. The lowest BCUT2D eigenvalue weighted by atomic mass is 9.52. The third-order valence-corrected chi connectivity index (χ3v) is 9.00. The first kappa shape index (κ1) is 18.5. The van der Waals surface area contributed by atoms with Crippen LogP contribution >= 0.6 is 0 Å². The first-order valence-corrected chi connectivity index (χ1v) is 14.0. The molecule has 2 nitrogen and oxygen atoms in total. The maximum absolute atomic E-state index is 11.9. The van der Waals surface area contributed by atoms with Gasteiger partial charge in [-0.25, -0.2) is 0 Å². The molecule has 26 heavy (non-hydrogen) atoms. The van der Waals surface area contributed by atoms with Crippen LogP contribution in [0.2, 0.25) is 19.6 Å². The normalized spacial score (nSPS) is 42.7. The Morgan fingerprint density at radius 3 is 2.58 bits per heavy atom. The molecule has 0 spiro atoms. The van der Waals surface area contributed by atoms with Gasteiger partial charge in [0.2, 0.25) is 0 Å². The van der Waals surface area contributed by atoms with Gasteiger partial charge in [-0.1, -0.05) is 24.0 Å². The molecule has 0 bridgehead atoms. The van der Waals surface area contributed by atoms with Crippen LogP contribution in [0.5, 0.6) is 0 Å². The van der Waals surface area contributed by atoms with Crippen LogP contribution in [0.15, 0.2) is 11.1 Å². The second-order valence-corrected chi connectivity index (χ2v) is 14.9. The molecule has 5 unspecified atom stereocenters. The number of rotatable bonds is 2. The molecule has 0 aliphatic heterocycles. The minimum atomic E-state index is -1.71. The van der Waals surface area contributed by atoms with E-state index in [2.05, 4.69) is 32.5 Å². The fourth-order valence-corrected chi connectivity index (χ4v) is 8.45. The van der Waals surface area contributed by atoms with Crippen LogP contribution in [0.25, 0.3) is 0 Å². The lowest BCUT2D eigenvalue weighted by molar-refractivity contribution is -0.119. The number of terminal acetylenes is 1. The molecule has 4 aliphatic rings. The number of Topliss-reactive ketones (excluding diaryl/α,β-unsaturated/α-hetero) is 1. The highest BCUT2D eigenvalue weighted by atomic mass is 28.4. The fourth-order valence-electron chi connectivity index (χ4n) is 7.01. The highest BCUT2D eigenvalue weighted by molar-refractivity contribution is 6.69. The lowest BCUT2D eigenvalue weighted by Gasteiger charge is -2.55. The van der Waals surface area contributed by atoms with Gasteiger partial charge in [0, 0.05) is 18.3 Å². The van der Waals surface area contributed by atoms with E-state index in [0.717, 1.165) is 38.0 Å². The van der Waals surface area contributed by atoms with Crippen molar-refractivity contribution in [1.82, 2.24) is 0 Å². The molecule has 3 heteroatoms. The summed E-state index contributed by atoms with van der Waals surface area (Å²) >= 11 is 0. The van der Waals surface area contributed by atoms with Gasteiger partial charge in [0.05, 0.1) is 0 Å². The maximum Gasteiger partial charge on any atom is 0.185 e. The molecule has 0 N–H and O–H groups in total. The zero-order valence-electron chi connectivity index (χ0n) is 17.0. The first-order valence-electron chi connectivity index (χ1n) is 10.6. The van der Waals surface area contributed by atoms with Gasteiger partial charge in [-0.15, -0.1) is 6.42 Å². The minimum Gasteiger partial charge on any atom is -0.401 e. The van der Waals surface area contributed by atoms with Gasteiger partial charge in [-0.3, -0.25) is 4.79 Å². The molecule has 4 aliphatic carbocycles. The van der Waals surface area contributed by atoms with E-state index in [1.54, 1.807) is 5.57 Å². The second-order valence-electron chi connectivity index (χ2n) is 10.4. The molecule has 0 heterocycles. The van der Waals surface area contributed by atoms with Gasteiger partial charge >= 0.3 is 0 Å². The van der Waals surface area contributed by atoms with Crippen LogP contribution in [-0.4, -0.2) is 19.7 Å². The number of carbonyl (C=O) groups excluding carboxylic acids is 1. The van der Waals surface area contributed by atoms with Gasteiger partial charge in [0.15, 0.2) is 8.32 Å². The van der Waals surface area contributed by atoms with E-state index in [9.17, 15) is 4.79 Å². The van der Waals surface area contributed by atoms with E-state index in [1.807, 2.05) is 0 Å². The smallest absolute Gasteiger partial charge is 0.185 e. The second kappa shape index (κ2) is 6.08. The molecular weight excluding hydrogens is 336 g/mol. The van der Waals surface area contributed by atoms with Gasteiger partial charge in [-0.05, 0) is 82.3 Å². The van der Waals surface area contributed by atoms with Crippen molar-refractivity contribution in [3.63, 3.8) is 0 Å². The molecule has 0 aromatic rings. The quantitative estimate of drug-likeness (QED) is 0.365. The molecule has 4 rings (SSSR count). The average Bonchev–Trinajstić information content (AvgIpc) is 2.86. The van der Waals surface area contributed by atoms with Crippen LogP contribution in [0, 0.1) is 35.5 Å². The first-order chi connectivity index (χ1) is 12.2. The summed E-state index contributed by atoms with van der Waals surface area (Å²) in [5.74, 6) is 5.79. The summed E-state index contributed by atoms with van der Waals surface area (Å²) in [5.41, 5.74) is 2.94. The largest absolute Gasteiger partial charge is 0.401 e. The molecular formula is C23H34O2Si. The molecule has 0 aromatic carbocycles. The van der Waals surface area contributed by atoms with Gasteiger partial charge in [0.25, 0.3) is 0 Å². The van der Waals surface area contributed by atoms with Gasteiger partial charge in [0.1, 0.15) is 11.4 Å². The van der Waals surface area contributed by atoms with Crippen LogP contribution in [0.4, 0.5) is 0 Å². The summed E-state index contributed by atoms with van der Waals surface area (Å²) in [6.07, 6.45) is 15.8. The van der Waals surface area contributed by atoms with E-state index in [1.165, 1.54) is 31.3 Å². The Labute approximate surface area is 160 Å². The van der Waals surface area contributed by atoms with Crippen molar-refractivity contribution in [1.29, 1.82) is 0 Å². The number of hydrogen-bond donors (Lipinski definition) is 0. The van der Waals surface area contributed by atoms with E-state index in [-0.39, 0.29) is 11.0 Å². The summed E-state index contributed by atoms with van der Waals surface area (Å²) in [7, 11) is -1.71. The van der Waals surface area contributed by atoms with E-state index < -0.39 is 8.32 Å².